The lowest BCUT2D eigenvalue weighted by molar-refractivity contribution is 0.0988. The molecular weight excluding hydrogens is 332 g/mol. The lowest BCUT2D eigenvalue weighted by atomic mass is 10.2. The molecule has 0 spiro atoms. The van der Waals surface area contributed by atoms with Crippen LogP contribution in [0.25, 0.3) is 10.9 Å². The van der Waals surface area contributed by atoms with Crippen molar-refractivity contribution >= 4 is 33.3 Å². The predicted octanol–water partition coefficient (Wildman–Crippen LogP) is 4.35. The van der Waals surface area contributed by atoms with Gasteiger partial charge in [0.1, 0.15) is 5.69 Å². The summed E-state index contributed by atoms with van der Waals surface area (Å²) in [7, 11) is 0.490. The van der Waals surface area contributed by atoms with E-state index < -0.39 is 15.5 Å². The number of para-hydroxylation sites is 2. The molecule has 3 aromatic rings. The molecule has 0 saturated heterocycles. The molecule has 1 atom stereocenters. The summed E-state index contributed by atoms with van der Waals surface area (Å²) in [5, 5.41) is 0.991. The Balaban J connectivity index is 1.99. The molecule has 1 aromatic heterocycles. The molecule has 1 heterocycles. The highest BCUT2D eigenvalue weighted by Crippen LogP contribution is 2.30. The third-order valence-electron chi connectivity index (χ3n) is 4.05. The first-order valence-electron chi connectivity index (χ1n) is 8.16. The zero-order chi connectivity index (χ0) is 18.2. The molecule has 0 fully saturated rings. The van der Waals surface area contributed by atoms with Crippen molar-refractivity contribution < 1.29 is 9.00 Å². The summed E-state index contributed by atoms with van der Waals surface area (Å²) in [4.78, 5) is 18.3. The molecule has 2 aromatic carbocycles. The number of hydrogen-bond acceptors (Lipinski definition) is 2. The molecule has 4 nitrogen and oxygen atoms in total. The highest BCUT2D eigenvalue weighted by atomic mass is 32.2. The summed E-state index contributed by atoms with van der Waals surface area (Å²) in [6.07, 6.45) is 0. The molecular formula is C20H22N2O2S. The second-order valence-electron chi connectivity index (χ2n) is 6.98. The van der Waals surface area contributed by atoms with Gasteiger partial charge in [-0.15, -0.1) is 0 Å². The molecule has 1 N–H and O–H groups in total. The zero-order valence-corrected chi connectivity index (χ0v) is 15.7. The fourth-order valence-electron chi connectivity index (χ4n) is 2.70. The first-order valence-corrected chi connectivity index (χ1v) is 9.31. The molecule has 3 rings (SSSR count). The monoisotopic (exact) mass is 354 g/mol. The summed E-state index contributed by atoms with van der Waals surface area (Å²) >= 11 is 0. The number of amides is 1. The van der Waals surface area contributed by atoms with E-state index in [2.05, 4.69) is 4.98 Å². The van der Waals surface area contributed by atoms with Gasteiger partial charge in [0.25, 0.3) is 5.91 Å². The average Bonchev–Trinajstić information content (AvgIpc) is 3.03. The van der Waals surface area contributed by atoms with Crippen LogP contribution in [-0.4, -0.2) is 26.9 Å². The summed E-state index contributed by atoms with van der Waals surface area (Å²) in [6, 6.07) is 17.0. The first kappa shape index (κ1) is 17.4. The van der Waals surface area contributed by atoms with Crippen LogP contribution in [-0.2, 0) is 10.8 Å². The molecule has 25 heavy (non-hydrogen) atoms. The molecule has 0 radical (unpaired) electrons. The third-order valence-corrected chi connectivity index (χ3v) is 5.90. The molecule has 0 bridgehead atoms. The number of benzene rings is 2. The van der Waals surface area contributed by atoms with Crippen molar-refractivity contribution in [2.24, 2.45) is 0 Å². The molecule has 0 aliphatic heterocycles. The van der Waals surface area contributed by atoms with E-state index in [0.717, 1.165) is 10.9 Å². The molecule has 0 saturated carbocycles. The van der Waals surface area contributed by atoms with E-state index in [1.54, 1.807) is 11.9 Å². The van der Waals surface area contributed by atoms with Crippen molar-refractivity contribution in [1.29, 1.82) is 0 Å². The Morgan fingerprint density at radius 2 is 1.68 bits per heavy atom. The van der Waals surface area contributed by atoms with Crippen LogP contribution in [0.1, 0.15) is 31.3 Å². The van der Waals surface area contributed by atoms with Gasteiger partial charge in [-0.1, -0.05) is 30.3 Å². The number of anilines is 1. The van der Waals surface area contributed by atoms with E-state index in [1.807, 2.05) is 75.4 Å². The van der Waals surface area contributed by atoms with Crippen LogP contribution in [0.15, 0.2) is 59.5 Å². The van der Waals surface area contributed by atoms with E-state index >= 15 is 0 Å². The second kappa shape index (κ2) is 6.48. The van der Waals surface area contributed by atoms with Gasteiger partial charge in [-0.2, -0.15) is 0 Å². The van der Waals surface area contributed by atoms with Gasteiger partial charge >= 0.3 is 0 Å². The van der Waals surface area contributed by atoms with Crippen LogP contribution >= 0.6 is 0 Å². The maximum atomic E-state index is 12.9. The van der Waals surface area contributed by atoms with Gasteiger partial charge in [-0.25, -0.2) is 0 Å². The molecule has 130 valence electrons. The maximum Gasteiger partial charge on any atom is 0.274 e. The predicted molar refractivity (Wildman–Crippen MR) is 104 cm³/mol. The number of hydrogen-bond donors (Lipinski definition) is 1. The summed E-state index contributed by atoms with van der Waals surface area (Å²) in [6.45, 7) is 5.79. The normalized spacial score (nSPS) is 13.0. The summed E-state index contributed by atoms with van der Waals surface area (Å²) in [5.41, 5.74) is 2.10. The van der Waals surface area contributed by atoms with Gasteiger partial charge in [-0.05, 0) is 45.0 Å². The number of rotatable bonds is 3. The highest BCUT2D eigenvalue weighted by molar-refractivity contribution is 7.86. The Labute approximate surface area is 150 Å². The summed E-state index contributed by atoms with van der Waals surface area (Å²) in [5.74, 6) is -0.158. The van der Waals surface area contributed by atoms with Gasteiger partial charge in [0.05, 0.1) is 21.4 Å². The second-order valence-corrected chi connectivity index (χ2v) is 9.19. The van der Waals surface area contributed by atoms with Gasteiger partial charge in [0.2, 0.25) is 0 Å². The maximum absolute atomic E-state index is 12.9. The van der Waals surface area contributed by atoms with Crippen LogP contribution in [0.4, 0.5) is 5.69 Å². The van der Waals surface area contributed by atoms with Gasteiger partial charge in [0.15, 0.2) is 0 Å². The Morgan fingerprint density at radius 3 is 2.36 bits per heavy atom. The number of carbonyl (C=O) groups is 1. The molecule has 1 unspecified atom stereocenters. The molecule has 5 heteroatoms. The lowest BCUT2D eigenvalue weighted by Crippen LogP contribution is -2.29. The van der Waals surface area contributed by atoms with E-state index in [1.165, 1.54) is 0 Å². The zero-order valence-electron chi connectivity index (χ0n) is 14.9. The molecule has 1 amide bonds. The lowest BCUT2D eigenvalue weighted by Gasteiger charge is -2.24. The fourth-order valence-corrected chi connectivity index (χ4v) is 3.96. The smallest absolute Gasteiger partial charge is 0.274 e. The molecule has 0 aliphatic rings. The van der Waals surface area contributed by atoms with Gasteiger partial charge in [-0.3, -0.25) is 9.00 Å². The Hall–Kier alpha value is -2.40. The number of carbonyl (C=O) groups excluding carboxylic acids is 1. The third kappa shape index (κ3) is 3.37. The summed E-state index contributed by atoms with van der Waals surface area (Å²) < 4.78 is 12.5. The van der Waals surface area contributed by atoms with Crippen LogP contribution in [0.5, 0.6) is 0 Å². The van der Waals surface area contributed by atoms with E-state index in [-0.39, 0.29) is 5.91 Å². The average molecular weight is 354 g/mol. The van der Waals surface area contributed by atoms with E-state index in [4.69, 9.17) is 0 Å². The van der Waals surface area contributed by atoms with Crippen LogP contribution in [0.2, 0.25) is 0 Å². The van der Waals surface area contributed by atoms with E-state index in [9.17, 15) is 9.00 Å². The number of H-pyrrole nitrogens is 1. The van der Waals surface area contributed by atoms with Crippen molar-refractivity contribution in [3.05, 3.63) is 60.3 Å². The standard InChI is InChI=1S/C20H22N2O2S/c1-20(2,3)25(24)18-12-8-7-11-17(18)22(4)19(23)16-13-14-9-5-6-10-15(14)21-16/h5-13,21H,1-4H3. The Kier molecular flexibility index (Phi) is 4.52. The number of aromatic amines is 1. The minimum absolute atomic E-state index is 0.158. The Morgan fingerprint density at radius 1 is 1.04 bits per heavy atom. The number of nitrogens with zero attached hydrogens (tertiary/aromatic N) is 1. The fraction of sp³-hybridized carbons (Fsp3) is 0.250. The van der Waals surface area contributed by atoms with Crippen molar-refractivity contribution in [3.8, 4) is 0 Å². The van der Waals surface area contributed by atoms with Crippen molar-refractivity contribution in [3.63, 3.8) is 0 Å². The molecule has 0 aliphatic carbocycles. The quantitative estimate of drug-likeness (QED) is 0.760. The first-order chi connectivity index (χ1) is 11.8. The van der Waals surface area contributed by atoms with Crippen LogP contribution in [0.3, 0.4) is 0 Å². The van der Waals surface area contributed by atoms with Crippen LogP contribution < -0.4 is 4.90 Å². The van der Waals surface area contributed by atoms with Crippen molar-refractivity contribution in [2.45, 2.75) is 30.4 Å². The SMILES string of the molecule is CN(C(=O)c1cc2ccccc2[nH]1)c1ccccc1S(=O)C(C)(C)C. The minimum Gasteiger partial charge on any atom is -0.351 e. The largest absolute Gasteiger partial charge is 0.351 e. The number of fused-ring (bicyclic) bond motifs is 1. The topological polar surface area (TPSA) is 53.2 Å². The van der Waals surface area contributed by atoms with Crippen LogP contribution in [0, 0.1) is 0 Å². The Bertz CT molecular complexity index is 920. The highest BCUT2D eigenvalue weighted by Gasteiger charge is 2.26. The number of aromatic nitrogens is 1. The van der Waals surface area contributed by atoms with Crippen molar-refractivity contribution in [2.75, 3.05) is 11.9 Å². The van der Waals surface area contributed by atoms with Crippen molar-refractivity contribution in [1.82, 2.24) is 4.98 Å². The number of nitrogens with one attached hydrogen (secondary N) is 1. The minimum atomic E-state index is -1.22. The van der Waals surface area contributed by atoms with E-state index in [0.29, 0.717) is 16.3 Å². The van der Waals surface area contributed by atoms with Gasteiger partial charge < -0.3 is 9.88 Å². The van der Waals surface area contributed by atoms with Gasteiger partial charge in [0, 0.05) is 22.7 Å².